The third kappa shape index (κ3) is 3.86. The predicted octanol–water partition coefficient (Wildman–Crippen LogP) is 3.14. The van der Waals surface area contributed by atoms with Gasteiger partial charge in [-0.15, -0.1) is 0 Å². The molecular weight excluding hydrogens is 416 g/mol. The smallest absolute Gasteiger partial charge is 0.330 e. The third-order valence-electron chi connectivity index (χ3n) is 5.35. The van der Waals surface area contributed by atoms with Crippen molar-refractivity contribution in [3.05, 3.63) is 74.6 Å². The zero-order valence-electron chi connectivity index (χ0n) is 17.6. The van der Waals surface area contributed by atoms with Crippen LogP contribution < -0.4 is 16.2 Å². The van der Waals surface area contributed by atoms with Crippen molar-refractivity contribution in [2.75, 3.05) is 12.8 Å². The molecule has 0 atom stereocenters. The van der Waals surface area contributed by atoms with E-state index in [0.717, 1.165) is 22.4 Å². The van der Waals surface area contributed by atoms with E-state index in [1.165, 1.54) is 4.57 Å². The standard InChI is InChI=1S/C22H23ClN6O2/c1-13-11-25-16(14(2)18(13)31-3)12-29-20-17(19(23)26-21(24)27-20)28(22(29)30)10-9-15-7-5-4-6-8-15/h4-8,11H,9-10,12H2,1-3H3,(H2,24,26,27). The van der Waals surface area contributed by atoms with Crippen LogP contribution in [0.5, 0.6) is 5.75 Å². The molecule has 160 valence electrons. The van der Waals surface area contributed by atoms with Crippen molar-refractivity contribution in [2.45, 2.75) is 33.4 Å². The number of nitrogens with two attached hydrogens (primary N) is 1. The molecular formula is C22H23ClN6O2. The molecule has 8 nitrogen and oxygen atoms in total. The zero-order valence-corrected chi connectivity index (χ0v) is 18.3. The summed E-state index contributed by atoms with van der Waals surface area (Å²) in [5.41, 5.74) is 10.1. The van der Waals surface area contributed by atoms with Crippen molar-refractivity contribution in [3.63, 3.8) is 0 Å². The van der Waals surface area contributed by atoms with Crippen molar-refractivity contribution in [1.82, 2.24) is 24.1 Å². The summed E-state index contributed by atoms with van der Waals surface area (Å²) in [5, 5.41) is 0.151. The summed E-state index contributed by atoms with van der Waals surface area (Å²) in [5.74, 6) is 0.760. The Kier molecular flexibility index (Phi) is 5.65. The molecule has 0 unspecified atom stereocenters. The van der Waals surface area contributed by atoms with Crippen LogP contribution in [-0.4, -0.2) is 31.2 Å². The summed E-state index contributed by atoms with van der Waals surface area (Å²) in [6.07, 6.45) is 2.40. The predicted molar refractivity (Wildman–Crippen MR) is 121 cm³/mol. The van der Waals surface area contributed by atoms with Gasteiger partial charge in [0.2, 0.25) is 5.95 Å². The number of nitrogen functional groups attached to an aromatic ring is 1. The second-order valence-electron chi connectivity index (χ2n) is 7.35. The van der Waals surface area contributed by atoms with Crippen LogP contribution in [0.3, 0.4) is 0 Å². The number of benzene rings is 1. The number of fused-ring (bicyclic) bond motifs is 1. The van der Waals surface area contributed by atoms with Crippen molar-refractivity contribution in [2.24, 2.45) is 0 Å². The van der Waals surface area contributed by atoms with E-state index in [1.807, 2.05) is 44.2 Å². The van der Waals surface area contributed by atoms with Gasteiger partial charge in [-0.2, -0.15) is 9.97 Å². The van der Waals surface area contributed by atoms with Gasteiger partial charge in [0.1, 0.15) is 11.3 Å². The monoisotopic (exact) mass is 438 g/mol. The van der Waals surface area contributed by atoms with E-state index in [9.17, 15) is 4.79 Å². The summed E-state index contributed by atoms with van der Waals surface area (Å²) in [6, 6.07) is 9.94. The highest BCUT2D eigenvalue weighted by molar-refractivity contribution is 6.33. The van der Waals surface area contributed by atoms with E-state index in [0.29, 0.717) is 29.8 Å². The Morgan fingerprint density at radius 1 is 1.13 bits per heavy atom. The normalized spacial score (nSPS) is 11.2. The van der Waals surface area contributed by atoms with E-state index < -0.39 is 0 Å². The Bertz CT molecular complexity index is 1310. The molecule has 0 aliphatic heterocycles. The number of imidazole rings is 1. The van der Waals surface area contributed by atoms with Crippen LogP contribution in [0, 0.1) is 13.8 Å². The van der Waals surface area contributed by atoms with Crippen LogP contribution in [0.15, 0.2) is 41.3 Å². The largest absolute Gasteiger partial charge is 0.496 e. The van der Waals surface area contributed by atoms with Gasteiger partial charge in [-0.1, -0.05) is 41.9 Å². The highest BCUT2D eigenvalue weighted by atomic mass is 35.5. The molecule has 0 aliphatic rings. The molecule has 0 bridgehead atoms. The molecule has 0 saturated carbocycles. The topological polar surface area (TPSA) is 101 Å². The molecule has 3 aromatic heterocycles. The summed E-state index contributed by atoms with van der Waals surface area (Å²) < 4.78 is 8.64. The average molecular weight is 439 g/mol. The lowest BCUT2D eigenvalue weighted by molar-refractivity contribution is 0.406. The fourth-order valence-electron chi connectivity index (χ4n) is 3.80. The van der Waals surface area contributed by atoms with Crippen LogP contribution >= 0.6 is 11.6 Å². The van der Waals surface area contributed by atoms with Crippen LogP contribution in [0.25, 0.3) is 11.2 Å². The Balaban J connectivity index is 1.82. The van der Waals surface area contributed by atoms with Gasteiger partial charge in [0, 0.05) is 23.9 Å². The van der Waals surface area contributed by atoms with Gasteiger partial charge in [0.15, 0.2) is 10.8 Å². The Hall–Kier alpha value is -3.39. The van der Waals surface area contributed by atoms with Crippen molar-refractivity contribution < 1.29 is 4.74 Å². The average Bonchev–Trinajstić information content (AvgIpc) is 3.01. The zero-order chi connectivity index (χ0) is 22.1. The molecule has 0 radical (unpaired) electrons. The number of hydrogen-bond acceptors (Lipinski definition) is 6. The van der Waals surface area contributed by atoms with Crippen molar-refractivity contribution >= 4 is 28.7 Å². The number of anilines is 1. The Labute approximate surface area is 184 Å². The molecule has 4 aromatic rings. The lowest BCUT2D eigenvalue weighted by Crippen LogP contribution is -2.26. The fourth-order valence-corrected chi connectivity index (χ4v) is 4.07. The molecule has 3 heterocycles. The lowest BCUT2D eigenvalue weighted by Gasteiger charge is -2.12. The minimum atomic E-state index is -0.242. The van der Waals surface area contributed by atoms with Gasteiger partial charge < -0.3 is 10.5 Å². The lowest BCUT2D eigenvalue weighted by atomic mass is 10.1. The summed E-state index contributed by atoms with van der Waals surface area (Å²) in [6.45, 7) is 4.49. The van der Waals surface area contributed by atoms with Crippen LogP contribution in [0.1, 0.15) is 22.4 Å². The van der Waals surface area contributed by atoms with Crippen molar-refractivity contribution in [1.29, 1.82) is 0 Å². The number of methoxy groups -OCH3 is 1. The number of rotatable bonds is 6. The highest BCUT2D eigenvalue weighted by Crippen LogP contribution is 2.26. The van der Waals surface area contributed by atoms with Crippen LogP contribution in [-0.2, 0) is 19.5 Å². The second kappa shape index (κ2) is 8.39. The van der Waals surface area contributed by atoms with E-state index in [-0.39, 0.29) is 23.3 Å². The first-order valence-corrected chi connectivity index (χ1v) is 10.2. The number of nitrogens with zero attached hydrogens (tertiary/aromatic N) is 5. The number of halogens is 1. The van der Waals surface area contributed by atoms with Crippen LogP contribution in [0.2, 0.25) is 5.15 Å². The molecule has 0 aliphatic carbocycles. The molecule has 0 amide bonds. The summed E-state index contributed by atoms with van der Waals surface area (Å²) in [4.78, 5) is 26.3. The molecule has 4 rings (SSSR count). The van der Waals surface area contributed by atoms with Gasteiger partial charge in [0.05, 0.1) is 19.3 Å². The van der Waals surface area contributed by atoms with E-state index in [4.69, 9.17) is 22.1 Å². The van der Waals surface area contributed by atoms with Gasteiger partial charge in [0.25, 0.3) is 0 Å². The summed E-state index contributed by atoms with van der Waals surface area (Å²) in [7, 11) is 1.62. The minimum Gasteiger partial charge on any atom is -0.496 e. The Morgan fingerprint density at radius 3 is 2.58 bits per heavy atom. The van der Waals surface area contributed by atoms with Gasteiger partial charge in [-0.3, -0.25) is 14.1 Å². The number of aromatic nitrogens is 5. The van der Waals surface area contributed by atoms with E-state index in [2.05, 4.69) is 15.0 Å². The number of ether oxygens (including phenoxy) is 1. The van der Waals surface area contributed by atoms with Crippen LogP contribution in [0.4, 0.5) is 5.95 Å². The number of hydrogen-bond donors (Lipinski definition) is 1. The van der Waals surface area contributed by atoms with E-state index >= 15 is 0 Å². The first kappa shape index (κ1) is 20.9. The first-order valence-electron chi connectivity index (χ1n) is 9.85. The van der Waals surface area contributed by atoms with E-state index in [1.54, 1.807) is 17.9 Å². The Morgan fingerprint density at radius 2 is 1.87 bits per heavy atom. The SMILES string of the molecule is COc1c(C)cnc(Cn2c(=O)n(CCc3ccccc3)c3c(Cl)nc(N)nc32)c1C. The van der Waals surface area contributed by atoms with Crippen molar-refractivity contribution in [3.8, 4) is 5.75 Å². The molecule has 1 aromatic carbocycles. The molecule has 0 saturated heterocycles. The maximum Gasteiger partial charge on any atom is 0.330 e. The molecule has 0 spiro atoms. The molecule has 31 heavy (non-hydrogen) atoms. The molecule has 9 heteroatoms. The fraction of sp³-hybridized carbons (Fsp3) is 0.273. The third-order valence-corrected chi connectivity index (χ3v) is 5.62. The maximum absolute atomic E-state index is 13.4. The number of pyridine rings is 1. The van der Waals surface area contributed by atoms with Gasteiger partial charge >= 0.3 is 5.69 Å². The quantitative estimate of drug-likeness (QED) is 0.464. The molecule has 2 N–H and O–H groups in total. The van der Waals surface area contributed by atoms with Gasteiger partial charge in [-0.05, 0) is 25.8 Å². The number of aryl methyl sites for hydroxylation is 3. The molecule has 0 fully saturated rings. The summed E-state index contributed by atoms with van der Waals surface area (Å²) >= 11 is 6.40. The van der Waals surface area contributed by atoms with Gasteiger partial charge in [-0.25, -0.2) is 4.79 Å². The second-order valence-corrected chi connectivity index (χ2v) is 7.70. The highest BCUT2D eigenvalue weighted by Gasteiger charge is 2.21. The minimum absolute atomic E-state index is 0.0117. The maximum atomic E-state index is 13.4. The first-order chi connectivity index (χ1) is 14.9.